The molecule has 2 aromatic carbocycles. The minimum absolute atomic E-state index is 1.10. The van der Waals surface area contributed by atoms with E-state index in [1.54, 1.807) is 0 Å². The maximum absolute atomic E-state index is 2.25. The lowest BCUT2D eigenvalue weighted by Gasteiger charge is -2.10. The molecule has 84 valence electrons. The van der Waals surface area contributed by atoms with Gasteiger partial charge < -0.3 is 0 Å². The van der Waals surface area contributed by atoms with E-state index in [0.717, 1.165) is 6.42 Å². The van der Waals surface area contributed by atoms with Gasteiger partial charge in [-0.2, -0.15) is 0 Å². The first-order chi connectivity index (χ1) is 8.27. The Hall–Kier alpha value is -1.82. The molecule has 0 radical (unpaired) electrons. The Morgan fingerprint density at radius 3 is 2.35 bits per heavy atom. The third kappa shape index (κ3) is 1.61. The molecule has 0 aromatic heterocycles. The predicted octanol–water partition coefficient (Wildman–Crippen LogP) is 4.37. The van der Waals surface area contributed by atoms with Gasteiger partial charge >= 0.3 is 0 Å². The van der Waals surface area contributed by atoms with E-state index in [9.17, 15) is 0 Å². The van der Waals surface area contributed by atoms with E-state index in [1.807, 2.05) is 0 Å². The highest BCUT2D eigenvalue weighted by molar-refractivity contribution is 5.88. The predicted molar refractivity (Wildman–Crippen MR) is 73.0 cm³/mol. The van der Waals surface area contributed by atoms with E-state index >= 15 is 0 Å². The van der Waals surface area contributed by atoms with Crippen molar-refractivity contribution in [3.8, 4) is 0 Å². The van der Waals surface area contributed by atoms with E-state index in [1.165, 1.54) is 33.4 Å². The van der Waals surface area contributed by atoms with E-state index in [4.69, 9.17) is 0 Å². The van der Waals surface area contributed by atoms with Crippen molar-refractivity contribution in [3.63, 3.8) is 0 Å². The summed E-state index contributed by atoms with van der Waals surface area (Å²) in [7, 11) is 0. The van der Waals surface area contributed by atoms with Crippen LogP contribution in [-0.4, -0.2) is 0 Å². The lowest BCUT2D eigenvalue weighted by atomic mass is 9.94. The highest BCUT2D eigenvalue weighted by Crippen LogP contribution is 2.38. The van der Waals surface area contributed by atoms with Crippen LogP contribution in [-0.2, 0) is 6.42 Å². The van der Waals surface area contributed by atoms with E-state index in [0.29, 0.717) is 0 Å². The quantitative estimate of drug-likeness (QED) is 0.669. The van der Waals surface area contributed by atoms with Gasteiger partial charge in [0.1, 0.15) is 0 Å². The summed E-state index contributed by atoms with van der Waals surface area (Å²) in [5.74, 6) is 0. The molecule has 17 heavy (non-hydrogen) atoms. The average molecular weight is 220 g/mol. The van der Waals surface area contributed by atoms with Gasteiger partial charge in [-0.25, -0.2) is 0 Å². The summed E-state index contributed by atoms with van der Waals surface area (Å²) in [6, 6.07) is 17.4. The van der Waals surface area contributed by atoms with Gasteiger partial charge in [0.2, 0.25) is 0 Å². The molecular formula is C17H16. The molecule has 0 atom stereocenters. The summed E-state index contributed by atoms with van der Waals surface area (Å²) < 4.78 is 0. The fourth-order valence-electron chi connectivity index (χ4n) is 2.82. The summed E-state index contributed by atoms with van der Waals surface area (Å²) in [4.78, 5) is 0. The normalized spacial score (nSPS) is 14.0. The lowest BCUT2D eigenvalue weighted by Crippen LogP contribution is -1.90. The third-order valence-corrected chi connectivity index (χ3v) is 3.55. The zero-order chi connectivity index (χ0) is 11.8. The molecular weight excluding hydrogens is 204 g/mol. The highest BCUT2D eigenvalue weighted by atomic mass is 14.2. The van der Waals surface area contributed by atoms with Crippen molar-refractivity contribution in [2.24, 2.45) is 0 Å². The van der Waals surface area contributed by atoms with Gasteiger partial charge in [0, 0.05) is 0 Å². The second-order valence-electron chi connectivity index (χ2n) is 4.81. The van der Waals surface area contributed by atoms with Crippen molar-refractivity contribution >= 4 is 5.57 Å². The van der Waals surface area contributed by atoms with E-state index in [2.05, 4.69) is 62.4 Å². The summed E-state index contributed by atoms with van der Waals surface area (Å²) in [6.07, 6.45) is 1.10. The average Bonchev–Trinajstić information content (AvgIpc) is 2.68. The van der Waals surface area contributed by atoms with Gasteiger partial charge in [-0.1, -0.05) is 54.1 Å². The fraction of sp³-hybridized carbons (Fsp3) is 0.176. The Balaban J connectivity index is 2.23. The Kier molecular flexibility index (Phi) is 2.36. The maximum atomic E-state index is 2.25. The number of hydrogen-bond acceptors (Lipinski definition) is 0. The van der Waals surface area contributed by atoms with Crippen LogP contribution in [0.4, 0.5) is 0 Å². The number of hydrogen-bond donors (Lipinski definition) is 0. The van der Waals surface area contributed by atoms with Crippen LogP contribution in [0, 0.1) is 6.92 Å². The van der Waals surface area contributed by atoms with Crippen LogP contribution in [0.25, 0.3) is 5.57 Å². The first kappa shape index (κ1) is 10.3. The van der Waals surface area contributed by atoms with Crippen LogP contribution in [0.2, 0.25) is 0 Å². The van der Waals surface area contributed by atoms with Crippen molar-refractivity contribution < 1.29 is 0 Å². The Labute approximate surface area is 103 Å². The molecule has 1 aliphatic carbocycles. The molecule has 0 unspecified atom stereocenters. The van der Waals surface area contributed by atoms with Crippen LogP contribution in [0.15, 0.2) is 54.1 Å². The van der Waals surface area contributed by atoms with Crippen LogP contribution in [0.5, 0.6) is 0 Å². The van der Waals surface area contributed by atoms with Crippen LogP contribution >= 0.6 is 0 Å². The smallest absolute Gasteiger partial charge is 0.00542 e. The largest absolute Gasteiger partial charge is 0.0622 e. The standard InChI is InChI=1S/C17H16/c1-12-7-6-10-15-11-13(2)17(16(12)15)14-8-4-3-5-9-14/h3-10H,11H2,1-2H3. The minimum Gasteiger partial charge on any atom is -0.0622 e. The second-order valence-corrected chi connectivity index (χ2v) is 4.81. The second kappa shape index (κ2) is 3.89. The number of benzene rings is 2. The van der Waals surface area contributed by atoms with E-state index < -0.39 is 0 Å². The monoisotopic (exact) mass is 220 g/mol. The molecule has 0 aliphatic heterocycles. The van der Waals surface area contributed by atoms with Gasteiger partial charge in [-0.05, 0) is 48.1 Å². The molecule has 0 N–H and O–H groups in total. The summed E-state index contributed by atoms with van der Waals surface area (Å²) >= 11 is 0. The highest BCUT2D eigenvalue weighted by Gasteiger charge is 2.21. The molecule has 1 aliphatic rings. The number of allylic oxidation sites excluding steroid dienone is 1. The Morgan fingerprint density at radius 2 is 1.59 bits per heavy atom. The van der Waals surface area contributed by atoms with Crippen LogP contribution in [0.3, 0.4) is 0 Å². The molecule has 0 saturated carbocycles. The summed E-state index contributed by atoms with van der Waals surface area (Å²) in [6.45, 7) is 4.46. The fourth-order valence-corrected chi connectivity index (χ4v) is 2.82. The van der Waals surface area contributed by atoms with Gasteiger partial charge in [-0.3, -0.25) is 0 Å². The molecule has 0 fully saturated rings. The van der Waals surface area contributed by atoms with Crippen molar-refractivity contribution in [3.05, 3.63) is 76.4 Å². The number of fused-ring (bicyclic) bond motifs is 1. The van der Waals surface area contributed by atoms with Crippen molar-refractivity contribution in [2.45, 2.75) is 20.3 Å². The van der Waals surface area contributed by atoms with Crippen LogP contribution in [0.1, 0.15) is 29.2 Å². The zero-order valence-electron chi connectivity index (χ0n) is 10.3. The van der Waals surface area contributed by atoms with Gasteiger partial charge in [0.25, 0.3) is 0 Å². The number of aryl methyl sites for hydroxylation is 1. The molecule has 0 bridgehead atoms. The molecule has 0 saturated heterocycles. The van der Waals surface area contributed by atoms with Gasteiger partial charge in [0.15, 0.2) is 0 Å². The van der Waals surface area contributed by atoms with E-state index in [-0.39, 0.29) is 0 Å². The summed E-state index contributed by atoms with van der Waals surface area (Å²) in [5.41, 5.74) is 8.59. The maximum Gasteiger partial charge on any atom is -0.00542 e. The molecule has 0 amide bonds. The first-order valence-electron chi connectivity index (χ1n) is 6.11. The Bertz CT molecular complexity index is 589. The topological polar surface area (TPSA) is 0 Å². The molecule has 0 spiro atoms. The zero-order valence-corrected chi connectivity index (χ0v) is 10.3. The van der Waals surface area contributed by atoms with Crippen molar-refractivity contribution in [1.82, 2.24) is 0 Å². The van der Waals surface area contributed by atoms with Gasteiger partial charge in [-0.15, -0.1) is 0 Å². The first-order valence-corrected chi connectivity index (χ1v) is 6.11. The molecule has 2 aromatic rings. The van der Waals surface area contributed by atoms with Crippen molar-refractivity contribution in [1.29, 1.82) is 0 Å². The number of rotatable bonds is 1. The molecule has 0 nitrogen and oxygen atoms in total. The third-order valence-electron chi connectivity index (χ3n) is 3.55. The molecule has 0 heteroatoms. The molecule has 0 heterocycles. The van der Waals surface area contributed by atoms with Crippen LogP contribution < -0.4 is 0 Å². The van der Waals surface area contributed by atoms with Crippen molar-refractivity contribution in [2.75, 3.05) is 0 Å². The lowest BCUT2D eigenvalue weighted by molar-refractivity contribution is 1.19. The summed E-state index contributed by atoms with van der Waals surface area (Å²) in [5, 5.41) is 0. The molecule has 3 rings (SSSR count). The Morgan fingerprint density at radius 1 is 0.824 bits per heavy atom. The van der Waals surface area contributed by atoms with Gasteiger partial charge in [0.05, 0.1) is 0 Å². The minimum atomic E-state index is 1.10. The SMILES string of the molecule is CC1=C(c2ccccc2)c2c(C)cccc2C1.